The summed E-state index contributed by atoms with van der Waals surface area (Å²) < 4.78 is 38.8. The highest BCUT2D eigenvalue weighted by molar-refractivity contribution is 7.89. The maximum Gasteiger partial charge on any atom is 0.244 e. The number of nitrogens with zero attached hydrogens (tertiary/aromatic N) is 2. The van der Waals surface area contributed by atoms with Crippen LogP contribution in [0.5, 0.6) is 0 Å². The standard InChI is InChI=1S/C12H15FN2O2S/c1-8-5-11(13)6-9(2)12(8)18(16,17)15(4)10(3)7-14/h5-6,10H,1-4H3. The molecule has 1 rings (SSSR count). The van der Waals surface area contributed by atoms with Crippen LogP contribution in [-0.4, -0.2) is 25.8 Å². The molecule has 0 aliphatic carbocycles. The van der Waals surface area contributed by atoms with Gasteiger partial charge in [-0.25, -0.2) is 12.8 Å². The van der Waals surface area contributed by atoms with E-state index in [0.717, 1.165) is 4.31 Å². The fraction of sp³-hybridized carbons (Fsp3) is 0.417. The first kappa shape index (κ1) is 14.6. The average Bonchev–Trinajstić information content (AvgIpc) is 2.24. The molecular formula is C12H15FN2O2S. The molecule has 0 aliphatic rings. The number of sulfonamides is 1. The minimum absolute atomic E-state index is 0.0634. The van der Waals surface area contributed by atoms with Crippen LogP contribution >= 0.6 is 0 Å². The zero-order valence-electron chi connectivity index (χ0n) is 10.7. The Morgan fingerprint density at radius 2 is 1.78 bits per heavy atom. The molecule has 0 saturated carbocycles. The number of rotatable bonds is 3. The minimum atomic E-state index is -3.78. The lowest BCUT2D eigenvalue weighted by Crippen LogP contribution is -2.34. The van der Waals surface area contributed by atoms with Gasteiger partial charge < -0.3 is 0 Å². The van der Waals surface area contributed by atoms with Gasteiger partial charge in [-0.2, -0.15) is 9.57 Å². The Bertz CT molecular complexity index is 582. The molecule has 0 heterocycles. The molecular weight excluding hydrogens is 255 g/mol. The molecule has 0 aromatic heterocycles. The first-order valence-corrected chi connectivity index (χ1v) is 6.80. The van der Waals surface area contributed by atoms with E-state index in [0.29, 0.717) is 11.1 Å². The monoisotopic (exact) mass is 270 g/mol. The molecule has 1 atom stereocenters. The highest BCUT2D eigenvalue weighted by atomic mass is 32.2. The summed E-state index contributed by atoms with van der Waals surface area (Å²) in [6.45, 7) is 4.56. The first-order valence-electron chi connectivity index (χ1n) is 5.36. The summed E-state index contributed by atoms with van der Waals surface area (Å²) in [5, 5.41) is 8.78. The van der Waals surface area contributed by atoms with Crippen molar-refractivity contribution >= 4 is 10.0 Å². The van der Waals surface area contributed by atoms with E-state index in [1.165, 1.54) is 40.0 Å². The van der Waals surface area contributed by atoms with Crippen LogP contribution in [0.25, 0.3) is 0 Å². The van der Waals surface area contributed by atoms with Gasteiger partial charge in [0.05, 0.1) is 11.0 Å². The number of halogens is 1. The number of nitriles is 1. The van der Waals surface area contributed by atoms with Crippen LogP contribution in [-0.2, 0) is 10.0 Å². The van der Waals surface area contributed by atoms with Crippen molar-refractivity contribution in [3.63, 3.8) is 0 Å². The Morgan fingerprint density at radius 3 is 2.17 bits per heavy atom. The second kappa shape index (κ2) is 5.04. The molecule has 98 valence electrons. The molecule has 4 nitrogen and oxygen atoms in total. The van der Waals surface area contributed by atoms with Crippen molar-refractivity contribution in [2.75, 3.05) is 7.05 Å². The van der Waals surface area contributed by atoms with Crippen LogP contribution in [0.3, 0.4) is 0 Å². The molecule has 6 heteroatoms. The zero-order chi connectivity index (χ0) is 14.1. The van der Waals surface area contributed by atoms with E-state index in [4.69, 9.17) is 5.26 Å². The van der Waals surface area contributed by atoms with Gasteiger partial charge in [-0.1, -0.05) is 0 Å². The number of aryl methyl sites for hydroxylation is 2. The third-order valence-electron chi connectivity index (χ3n) is 2.79. The van der Waals surface area contributed by atoms with E-state index in [9.17, 15) is 12.8 Å². The van der Waals surface area contributed by atoms with Gasteiger partial charge in [-0.3, -0.25) is 0 Å². The summed E-state index contributed by atoms with van der Waals surface area (Å²) in [5.41, 5.74) is 0.675. The van der Waals surface area contributed by atoms with Gasteiger partial charge in [0.25, 0.3) is 0 Å². The van der Waals surface area contributed by atoms with Crippen LogP contribution in [0.4, 0.5) is 4.39 Å². The Kier molecular flexibility index (Phi) is 4.09. The normalized spacial score (nSPS) is 13.4. The van der Waals surface area contributed by atoms with Gasteiger partial charge in [-0.05, 0) is 44.0 Å². The van der Waals surface area contributed by atoms with E-state index in [1.807, 2.05) is 6.07 Å². The summed E-state index contributed by atoms with van der Waals surface area (Å²) in [4.78, 5) is 0.0634. The van der Waals surface area contributed by atoms with E-state index < -0.39 is 21.9 Å². The predicted molar refractivity (Wildman–Crippen MR) is 65.9 cm³/mol. The average molecular weight is 270 g/mol. The molecule has 0 aliphatic heterocycles. The number of hydrogen-bond donors (Lipinski definition) is 0. The molecule has 18 heavy (non-hydrogen) atoms. The second-order valence-corrected chi connectivity index (χ2v) is 6.13. The van der Waals surface area contributed by atoms with Crippen molar-refractivity contribution in [2.45, 2.75) is 31.7 Å². The van der Waals surface area contributed by atoms with Crippen LogP contribution in [0.2, 0.25) is 0 Å². The van der Waals surface area contributed by atoms with Crippen LogP contribution in [0.1, 0.15) is 18.1 Å². The maximum atomic E-state index is 13.2. The van der Waals surface area contributed by atoms with Gasteiger partial charge in [0.15, 0.2) is 0 Å². The van der Waals surface area contributed by atoms with Gasteiger partial charge in [0.1, 0.15) is 11.9 Å². The van der Waals surface area contributed by atoms with Gasteiger partial charge in [0.2, 0.25) is 10.0 Å². The van der Waals surface area contributed by atoms with E-state index >= 15 is 0 Å². The summed E-state index contributed by atoms with van der Waals surface area (Å²) in [7, 11) is -2.45. The van der Waals surface area contributed by atoms with Crippen molar-refractivity contribution < 1.29 is 12.8 Å². The fourth-order valence-electron chi connectivity index (χ4n) is 1.74. The molecule has 0 bridgehead atoms. The van der Waals surface area contributed by atoms with Crippen molar-refractivity contribution in [3.05, 3.63) is 29.1 Å². The Morgan fingerprint density at radius 1 is 1.33 bits per heavy atom. The first-order chi connectivity index (χ1) is 8.21. The highest BCUT2D eigenvalue weighted by Gasteiger charge is 2.28. The van der Waals surface area contributed by atoms with Crippen LogP contribution in [0, 0.1) is 31.0 Å². The van der Waals surface area contributed by atoms with Gasteiger partial charge >= 0.3 is 0 Å². The van der Waals surface area contributed by atoms with Crippen LogP contribution < -0.4 is 0 Å². The molecule has 0 fully saturated rings. The van der Waals surface area contributed by atoms with Gasteiger partial charge in [0, 0.05) is 7.05 Å². The highest BCUT2D eigenvalue weighted by Crippen LogP contribution is 2.25. The summed E-state index contributed by atoms with van der Waals surface area (Å²) >= 11 is 0. The van der Waals surface area contributed by atoms with Crippen molar-refractivity contribution in [1.82, 2.24) is 4.31 Å². The SMILES string of the molecule is Cc1cc(F)cc(C)c1S(=O)(=O)N(C)C(C)C#N. The number of benzene rings is 1. The van der Waals surface area contributed by atoms with Crippen molar-refractivity contribution in [1.29, 1.82) is 5.26 Å². The summed E-state index contributed by atoms with van der Waals surface area (Å²) in [6.07, 6.45) is 0. The Balaban J connectivity index is 3.44. The largest absolute Gasteiger partial charge is 0.244 e. The van der Waals surface area contributed by atoms with E-state index in [1.54, 1.807) is 0 Å². The molecule has 0 radical (unpaired) electrons. The topological polar surface area (TPSA) is 61.2 Å². The van der Waals surface area contributed by atoms with Crippen molar-refractivity contribution in [3.8, 4) is 6.07 Å². The molecule has 0 saturated heterocycles. The van der Waals surface area contributed by atoms with Crippen molar-refractivity contribution in [2.24, 2.45) is 0 Å². The fourth-order valence-corrected chi connectivity index (χ4v) is 3.42. The van der Waals surface area contributed by atoms with E-state index in [2.05, 4.69) is 0 Å². The zero-order valence-corrected chi connectivity index (χ0v) is 11.5. The third kappa shape index (κ3) is 2.52. The predicted octanol–water partition coefficient (Wildman–Crippen LogP) is 1.98. The molecule has 0 amide bonds. The quantitative estimate of drug-likeness (QED) is 0.843. The third-order valence-corrected chi connectivity index (χ3v) is 5.03. The Labute approximate surface area is 107 Å². The molecule has 0 spiro atoms. The minimum Gasteiger partial charge on any atom is -0.207 e. The molecule has 1 aromatic carbocycles. The summed E-state index contributed by atoms with van der Waals surface area (Å²) in [6, 6.07) is 3.43. The maximum absolute atomic E-state index is 13.2. The molecule has 1 aromatic rings. The van der Waals surface area contributed by atoms with E-state index in [-0.39, 0.29) is 4.90 Å². The molecule has 0 N–H and O–H groups in total. The smallest absolute Gasteiger partial charge is 0.207 e. The lowest BCUT2D eigenvalue weighted by atomic mass is 10.1. The lowest BCUT2D eigenvalue weighted by molar-refractivity contribution is 0.441. The Hall–Kier alpha value is -1.45. The molecule has 1 unspecified atom stereocenters. The number of hydrogen-bond acceptors (Lipinski definition) is 3. The second-order valence-electron chi connectivity index (χ2n) is 4.20. The summed E-state index contributed by atoms with van der Waals surface area (Å²) in [5.74, 6) is -0.472. The lowest BCUT2D eigenvalue weighted by Gasteiger charge is -2.21. The van der Waals surface area contributed by atoms with Crippen LogP contribution in [0.15, 0.2) is 17.0 Å². The van der Waals surface area contributed by atoms with Gasteiger partial charge in [-0.15, -0.1) is 0 Å².